The van der Waals surface area contributed by atoms with Gasteiger partial charge in [-0.1, -0.05) is 30.3 Å². The van der Waals surface area contributed by atoms with Gasteiger partial charge >= 0.3 is 0 Å². The zero-order valence-corrected chi connectivity index (χ0v) is 16.0. The Morgan fingerprint density at radius 3 is 2.55 bits per heavy atom. The smallest absolute Gasteiger partial charge is 0.257 e. The quantitative estimate of drug-likeness (QED) is 0.606. The minimum atomic E-state index is -0.253. The average Bonchev–Trinajstić information content (AvgIpc) is 2.78. The fourth-order valence-corrected chi connectivity index (χ4v) is 2.62. The highest BCUT2D eigenvalue weighted by Crippen LogP contribution is 2.16. The van der Waals surface area contributed by atoms with Gasteiger partial charge in [-0.3, -0.25) is 14.6 Å². The van der Waals surface area contributed by atoms with Gasteiger partial charge in [0.2, 0.25) is 5.91 Å². The number of ether oxygens (including phenoxy) is 1. The van der Waals surface area contributed by atoms with Crippen molar-refractivity contribution in [2.75, 3.05) is 12.4 Å². The van der Waals surface area contributed by atoms with Crippen LogP contribution in [0.3, 0.4) is 0 Å². The number of nitrogens with one attached hydrogen (secondary N) is 2. The molecule has 0 unspecified atom stereocenters. The summed E-state index contributed by atoms with van der Waals surface area (Å²) in [5, 5.41) is 5.69. The van der Waals surface area contributed by atoms with Crippen LogP contribution in [0.25, 0.3) is 6.08 Å². The van der Waals surface area contributed by atoms with Gasteiger partial charge in [0.1, 0.15) is 5.75 Å². The van der Waals surface area contributed by atoms with E-state index in [-0.39, 0.29) is 18.4 Å². The number of hydrogen-bond donors (Lipinski definition) is 2. The first-order valence-electron chi connectivity index (χ1n) is 9.05. The highest BCUT2D eigenvalue weighted by atomic mass is 16.5. The van der Waals surface area contributed by atoms with Crippen LogP contribution in [0.5, 0.6) is 5.75 Å². The standard InChI is InChI=1S/C23H21N3O3/c1-29-20-11-8-17(9-12-20)10-13-22(27)25-16-18-5-2-3-7-21(18)26-23(28)19-6-4-14-24-15-19/h2-15H,16H2,1H3,(H,25,27)(H,26,28)/b13-10+. The normalized spacial score (nSPS) is 10.5. The number of aromatic nitrogens is 1. The van der Waals surface area contributed by atoms with Crippen molar-refractivity contribution in [3.8, 4) is 5.75 Å². The van der Waals surface area contributed by atoms with Gasteiger partial charge in [0.05, 0.1) is 12.7 Å². The molecule has 6 nitrogen and oxygen atoms in total. The van der Waals surface area contributed by atoms with E-state index in [1.54, 1.807) is 37.6 Å². The fraction of sp³-hybridized carbons (Fsp3) is 0.0870. The Morgan fingerprint density at radius 1 is 1.03 bits per heavy atom. The van der Waals surface area contributed by atoms with Crippen molar-refractivity contribution in [1.82, 2.24) is 10.3 Å². The molecule has 0 spiro atoms. The molecule has 2 amide bonds. The van der Waals surface area contributed by atoms with E-state index in [9.17, 15) is 9.59 Å². The molecule has 2 N–H and O–H groups in total. The molecule has 0 aliphatic carbocycles. The molecule has 1 aromatic heterocycles. The Bertz CT molecular complexity index is 999. The van der Waals surface area contributed by atoms with Gasteiger partial charge in [-0.2, -0.15) is 0 Å². The molecule has 0 bridgehead atoms. The van der Waals surface area contributed by atoms with Gasteiger partial charge in [-0.25, -0.2) is 0 Å². The second kappa shape index (κ2) is 9.85. The minimum Gasteiger partial charge on any atom is -0.497 e. The monoisotopic (exact) mass is 387 g/mol. The largest absolute Gasteiger partial charge is 0.497 e. The molecular weight excluding hydrogens is 366 g/mol. The van der Waals surface area contributed by atoms with E-state index >= 15 is 0 Å². The van der Waals surface area contributed by atoms with Crippen molar-refractivity contribution in [2.24, 2.45) is 0 Å². The molecule has 3 aromatic rings. The Labute approximate surface area is 169 Å². The summed E-state index contributed by atoms with van der Waals surface area (Å²) < 4.78 is 5.11. The first-order chi connectivity index (χ1) is 14.2. The molecule has 0 aliphatic heterocycles. The summed E-state index contributed by atoms with van der Waals surface area (Å²) in [5.41, 5.74) is 2.80. The van der Waals surface area contributed by atoms with Gasteiger partial charge in [0.15, 0.2) is 0 Å². The molecule has 0 atom stereocenters. The number of carbonyl (C=O) groups is 2. The van der Waals surface area contributed by atoms with Gasteiger partial charge in [0, 0.05) is 30.7 Å². The van der Waals surface area contributed by atoms with E-state index in [4.69, 9.17) is 4.74 Å². The molecule has 0 radical (unpaired) electrons. The first kappa shape index (κ1) is 19.8. The van der Waals surface area contributed by atoms with Crippen molar-refractivity contribution in [3.63, 3.8) is 0 Å². The van der Waals surface area contributed by atoms with Crippen LogP contribution in [0.2, 0.25) is 0 Å². The molecule has 29 heavy (non-hydrogen) atoms. The van der Waals surface area contributed by atoms with Crippen molar-refractivity contribution >= 4 is 23.6 Å². The van der Waals surface area contributed by atoms with Crippen LogP contribution in [0.1, 0.15) is 21.5 Å². The summed E-state index contributed by atoms with van der Waals surface area (Å²) in [7, 11) is 1.61. The van der Waals surface area contributed by atoms with E-state index in [1.807, 2.05) is 42.5 Å². The van der Waals surface area contributed by atoms with Crippen LogP contribution in [-0.4, -0.2) is 23.9 Å². The molecule has 0 saturated heterocycles. The van der Waals surface area contributed by atoms with Gasteiger partial charge < -0.3 is 15.4 Å². The number of methoxy groups -OCH3 is 1. The lowest BCUT2D eigenvalue weighted by atomic mass is 10.1. The Hall–Kier alpha value is -3.93. The number of para-hydroxylation sites is 1. The van der Waals surface area contributed by atoms with E-state index < -0.39 is 0 Å². The van der Waals surface area contributed by atoms with Crippen molar-refractivity contribution in [1.29, 1.82) is 0 Å². The molecule has 0 fully saturated rings. The van der Waals surface area contributed by atoms with Crippen LogP contribution >= 0.6 is 0 Å². The average molecular weight is 387 g/mol. The van der Waals surface area contributed by atoms with E-state index in [0.29, 0.717) is 11.3 Å². The molecule has 1 heterocycles. The number of anilines is 1. The predicted molar refractivity (Wildman–Crippen MR) is 113 cm³/mol. The van der Waals surface area contributed by atoms with Crippen molar-refractivity contribution < 1.29 is 14.3 Å². The number of carbonyl (C=O) groups excluding carboxylic acids is 2. The summed E-state index contributed by atoms with van der Waals surface area (Å²) >= 11 is 0. The second-order valence-electron chi connectivity index (χ2n) is 6.18. The molecular formula is C23H21N3O3. The lowest BCUT2D eigenvalue weighted by molar-refractivity contribution is -0.116. The number of hydrogen-bond acceptors (Lipinski definition) is 4. The van der Waals surface area contributed by atoms with Gasteiger partial charge in [-0.15, -0.1) is 0 Å². The maximum absolute atomic E-state index is 12.4. The van der Waals surface area contributed by atoms with Gasteiger partial charge in [0.25, 0.3) is 5.91 Å². The molecule has 0 aliphatic rings. The van der Waals surface area contributed by atoms with Crippen LogP contribution in [0.15, 0.2) is 79.1 Å². The Morgan fingerprint density at radius 2 is 1.83 bits per heavy atom. The Balaban J connectivity index is 1.59. The van der Waals surface area contributed by atoms with Crippen LogP contribution in [-0.2, 0) is 11.3 Å². The molecule has 3 rings (SSSR count). The van der Waals surface area contributed by atoms with Crippen molar-refractivity contribution in [3.05, 3.63) is 95.8 Å². The number of rotatable bonds is 7. The molecule has 0 saturated carbocycles. The third-order valence-corrected chi connectivity index (χ3v) is 4.19. The second-order valence-corrected chi connectivity index (χ2v) is 6.18. The maximum Gasteiger partial charge on any atom is 0.257 e. The van der Waals surface area contributed by atoms with Crippen LogP contribution in [0, 0.1) is 0 Å². The van der Waals surface area contributed by atoms with E-state index in [0.717, 1.165) is 16.9 Å². The maximum atomic E-state index is 12.4. The number of pyridine rings is 1. The minimum absolute atomic E-state index is 0.228. The van der Waals surface area contributed by atoms with Crippen LogP contribution < -0.4 is 15.4 Å². The SMILES string of the molecule is COc1ccc(/C=C/C(=O)NCc2ccccc2NC(=O)c2cccnc2)cc1. The highest BCUT2D eigenvalue weighted by Gasteiger charge is 2.09. The zero-order valence-electron chi connectivity index (χ0n) is 16.0. The van der Waals surface area contributed by atoms with Crippen molar-refractivity contribution in [2.45, 2.75) is 6.54 Å². The summed E-state index contributed by atoms with van der Waals surface area (Å²) in [6.07, 6.45) is 6.31. The number of benzene rings is 2. The third-order valence-electron chi connectivity index (χ3n) is 4.19. The van der Waals surface area contributed by atoms with Crippen LogP contribution in [0.4, 0.5) is 5.69 Å². The Kier molecular flexibility index (Phi) is 6.73. The first-order valence-corrected chi connectivity index (χ1v) is 9.05. The third kappa shape index (κ3) is 5.77. The summed E-state index contributed by atoms with van der Waals surface area (Å²) in [6.45, 7) is 0.287. The molecule has 2 aromatic carbocycles. The number of nitrogens with zero attached hydrogens (tertiary/aromatic N) is 1. The lowest BCUT2D eigenvalue weighted by Gasteiger charge is -2.11. The lowest BCUT2D eigenvalue weighted by Crippen LogP contribution is -2.22. The van der Waals surface area contributed by atoms with E-state index in [2.05, 4.69) is 15.6 Å². The summed E-state index contributed by atoms with van der Waals surface area (Å²) in [5.74, 6) is 0.280. The van der Waals surface area contributed by atoms with Gasteiger partial charge in [-0.05, 0) is 47.5 Å². The number of amides is 2. The molecule has 146 valence electrons. The summed E-state index contributed by atoms with van der Waals surface area (Å²) in [6, 6.07) is 18.1. The topological polar surface area (TPSA) is 80.3 Å². The summed E-state index contributed by atoms with van der Waals surface area (Å²) in [4.78, 5) is 28.5. The zero-order chi connectivity index (χ0) is 20.5. The fourth-order valence-electron chi connectivity index (χ4n) is 2.62. The highest BCUT2D eigenvalue weighted by molar-refractivity contribution is 6.04. The van der Waals surface area contributed by atoms with E-state index in [1.165, 1.54) is 12.3 Å². The predicted octanol–water partition coefficient (Wildman–Crippen LogP) is 3.67. The molecule has 6 heteroatoms.